The Morgan fingerprint density at radius 3 is 2.54 bits per heavy atom. The molecule has 2 aromatic rings. The third-order valence-corrected chi connectivity index (χ3v) is 6.00. The zero-order chi connectivity index (χ0) is 19.0. The molecular weight excluding hydrogens is 392 g/mol. The molecule has 1 amide bonds. The van der Waals surface area contributed by atoms with Crippen molar-refractivity contribution in [2.24, 2.45) is 0 Å². The minimum absolute atomic E-state index is 0.136. The van der Waals surface area contributed by atoms with Crippen LogP contribution >= 0.6 is 23.4 Å². The van der Waals surface area contributed by atoms with Crippen LogP contribution in [0.15, 0.2) is 59.5 Å². The second-order valence-corrected chi connectivity index (χ2v) is 8.75. The number of benzene rings is 2. The van der Waals surface area contributed by atoms with Crippen molar-refractivity contribution in [3.05, 3.63) is 65.2 Å². The summed E-state index contributed by atoms with van der Waals surface area (Å²) in [6.45, 7) is 0.280. The molecular formula is C18H21ClN2O3S2. The van der Waals surface area contributed by atoms with Crippen LogP contribution in [0.25, 0.3) is 0 Å². The van der Waals surface area contributed by atoms with E-state index in [1.807, 2.05) is 12.3 Å². The summed E-state index contributed by atoms with van der Waals surface area (Å²) in [6, 6.07) is 14.3. The van der Waals surface area contributed by atoms with Crippen LogP contribution in [0, 0.1) is 0 Å². The first kappa shape index (κ1) is 20.8. The Hall–Kier alpha value is -1.54. The molecule has 0 saturated heterocycles. The zero-order valence-corrected chi connectivity index (χ0v) is 16.7. The molecule has 2 aromatic carbocycles. The number of amides is 1. The molecule has 8 heteroatoms. The summed E-state index contributed by atoms with van der Waals surface area (Å²) in [6.07, 6.45) is 2.31. The van der Waals surface area contributed by atoms with E-state index in [1.165, 1.54) is 12.1 Å². The molecule has 140 valence electrons. The van der Waals surface area contributed by atoms with Crippen LogP contribution in [0.3, 0.4) is 0 Å². The molecule has 0 aromatic heterocycles. The van der Waals surface area contributed by atoms with E-state index in [0.29, 0.717) is 17.2 Å². The lowest BCUT2D eigenvalue weighted by Gasteiger charge is -2.18. The number of hydrogen-bond acceptors (Lipinski definition) is 4. The van der Waals surface area contributed by atoms with Gasteiger partial charge in [-0.3, -0.25) is 4.79 Å². The fourth-order valence-electron chi connectivity index (χ4n) is 2.29. The highest BCUT2D eigenvalue weighted by atomic mass is 35.5. The highest BCUT2D eigenvalue weighted by Gasteiger charge is 2.25. The Bertz CT molecular complexity index is 829. The van der Waals surface area contributed by atoms with Gasteiger partial charge in [0, 0.05) is 11.6 Å². The summed E-state index contributed by atoms with van der Waals surface area (Å²) in [5.74, 6) is 0.297. The molecule has 0 aliphatic carbocycles. The van der Waals surface area contributed by atoms with E-state index in [1.54, 1.807) is 48.2 Å². The van der Waals surface area contributed by atoms with Gasteiger partial charge in [-0.2, -0.15) is 16.5 Å². The Morgan fingerprint density at radius 2 is 1.88 bits per heavy atom. The Morgan fingerprint density at radius 1 is 1.15 bits per heavy atom. The Kier molecular flexibility index (Phi) is 7.96. The van der Waals surface area contributed by atoms with Gasteiger partial charge in [-0.15, -0.1) is 0 Å². The van der Waals surface area contributed by atoms with Crippen LogP contribution in [0.5, 0.6) is 0 Å². The van der Waals surface area contributed by atoms with E-state index in [-0.39, 0.29) is 17.3 Å². The van der Waals surface area contributed by atoms with Gasteiger partial charge in [-0.25, -0.2) is 8.42 Å². The molecule has 0 aliphatic rings. The Labute approximate surface area is 163 Å². The van der Waals surface area contributed by atoms with E-state index in [2.05, 4.69) is 10.0 Å². The predicted molar refractivity (Wildman–Crippen MR) is 107 cm³/mol. The zero-order valence-electron chi connectivity index (χ0n) is 14.3. The fourth-order valence-corrected chi connectivity index (χ4v) is 4.23. The van der Waals surface area contributed by atoms with Gasteiger partial charge >= 0.3 is 0 Å². The molecule has 5 nitrogen and oxygen atoms in total. The molecule has 0 radical (unpaired) electrons. The summed E-state index contributed by atoms with van der Waals surface area (Å²) in [5.41, 5.74) is 0.848. The van der Waals surface area contributed by atoms with Crippen molar-refractivity contribution in [3.63, 3.8) is 0 Å². The molecule has 0 heterocycles. The Balaban J connectivity index is 2.07. The van der Waals surface area contributed by atoms with Gasteiger partial charge in [0.05, 0.1) is 4.90 Å². The topological polar surface area (TPSA) is 75.3 Å². The summed E-state index contributed by atoms with van der Waals surface area (Å²) < 4.78 is 27.5. The van der Waals surface area contributed by atoms with Crippen molar-refractivity contribution in [1.82, 2.24) is 10.0 Å². The van der Waals surface area contributed by atoms with Crippen molar-refractivity contribution in [1.29, 1.82) is 0 Å². The molecule has 2 N–H and O–H groups in total. The molecule has 0 aliphatic heterocycles. The number of carbonyl (C=O) groups is 1. The quantitative estimate of drug-likeness (QED) is 0.663. The van der Waals surface area contributed by atoms with E-state index >= 15 is 0 Å². The first-order valence-corrected chi connectivity index (χ1v) is 11.3. The average molecular weight is 413 g/mol. The average Bonchev–Trinajstić information content (AvgIpc) is 2.64. The highest BCUT2D eigenvalue weighted by molar-refractivity contribution is 7.98. The van der Waals surface area contributed by atoms with E-state index in [9.17, 15) is 13.2 Å². The fraction of sp³-hybridized carbons (Fsp3) is 0.278. The number of hydrogen-bond donors (Lipinski definition) is 2. The lowest BCUT2D eigenvalue weighted by molar-refractivity contribution is -0.122. The maximum absolute atomic E-state index is 12.5. The van der Waals surface area contributed by atoms with Crippen LogP contribution in [0.2, 0.25) is 5.02 Å². The molecule has 0 fully saturated rings. The molecule has 1 atom stereocenters. The standard InChI is InChI=1S/C18H21ClN2O3S2/c1-25-11-10-17(21-26(23,24)16-8-3-2-4-9-16)18(22)20-13-14-6-5-7-15(19)12-14/h2-9,12,17,21H,10-11,13H2,1H3,(H,20,22). The molecule has 0 saturated carbocycles. The molecule has 2 rings (SSSR count). The summed E-state index contributed by atoms with van der Waals surface area (Å²) in [4.78, 5) is 12.7. The van der Waals surface area contributed by atoms with Gasteiger partial charge in [0.1, 0.15) is 6.04 Å². The third-order valence-electron chi connectivity index (χ3n) is 3.63. The second kappa shape index (κ2) is 9.97. The van der Waals surface area contributed by atoms with Crippen molar-refractivity contribution in [2.45, 2.75) is 23.9 Å². The van der Waals surface area contributed by atoms with E-state index in [0.717, 1.165) is 5.56 Å². The summed E-state index contributed by atoms with van der Waals surface area (Å²) >= 11 is 7.49. The molecule has 0 spiro atoms. The number of rotatable bonds is 9. The van der Waals surface area contributed by atoms with Gasteiger partial charge in [-0.05, 0) is 48.3 Å². The maximum atomic E-state index is 12.5. The number of carbonyl (C=O) groups excluding carboxylic acids is 1. The lowest BCUT2D eigenvalue weighted by Crippen LogP contribution is -2.46. The van der Waals surface area contributed by atoms with Gasteiger partial charge in [0.2, 0.25) is 15.9 Å². The highest BCUT2D eigenvalue weighted by Crippen LogP contribution is 2.12. The number of halogens is 1. The van der Waals surface area contributed by atoms with E-state index in [4.69, 9.17) is 11.6 Å². The van der Waals surface area contributed by atoms with Gasteiger partial charge in [0.25, 0.3) is 0 Å². The smallest absolute Gasteiger partial charge is 0.241 e. The van der Waals surface area contributed by atoms with Gasteiger partial charge in [-0.1, -0.05) is 41.9 Å². The maximum Gasteiger partial charge on any atom is 0.241 e. The number of sulfonamides is 1. The van der Waals surface area contributed by atoms with Crippen LogP contribution < -0.4 is 10.0 Å². The molecule has 1 unspecified atom stereocenters. The largest absolute Gasteiger partial charge is 0.351 e. The first-order valence-electron chi connectivity index (χ1n) is 8.01. The molecule has 26 heavy (non-hydrogen) atoms. The van der Waals surface area contributed by atoms with Crippen molar-refractivity contribution in [2.75, 3.05) is 12.0 Å². The monoisotopic (exact) mass is 412 g/mol. The molecule has 0 bridgehead atoms. The SMILES string of the molecule is CSCCC(NS(=O)(=O)c1ccccc1)C(=O)NCc1cccc(Cl)c1. The van der Waals surface area contributed by atoms with Crippen LogP contribution in [-0.4, -0.2) is 32.4 Å². The number of thioether (sulfide) groups is 1. The van der Waals surface area contributed by atoms with Crippen LogP contribution in [-0.2, 0) is 21.4 Å². The van der Waals surface area contributed by atoms with Crippen LogP contribution in [0.1, 0.15) is 12.0 Å². The number of nitrogens with one attached hydrogen (secondary N) is 2. The predicted octanol–water partition coefficient (Wildman–Crippen LogP) is 3.06. The minimum Gasteiger partial charge on any atom is -0.351 e. The minimum atomic E-state index is -3.77. The van der Waals surface area contributed by atoms with E-state index < -0.39 is 16.1 Å². The normalized spacial score (nSPS) is 12.5. The van der Waals surface area contributed by atoms with Gasteiger partial charge in [0.15, 0.2) is 0 Å². The summed E-state index contributed by atoms with van der Waals surface area (Å²) in [7, 11) is -3.77. The first-order chi connectivity index (χ1) is 12.4. The van der Waals surface area contributed by atoms with Crippen molar-refractivity contribution < 1.29 is 13.2 Å². The second-order valence-electron chi connectivity index (χ2n) is 5.62. The van der Waals surface area contributed by atoms with Crippen LogP contribution in [0.4, 0.5) is 0 Å². The third kappa shape index (κ3) is 6.32. The van der Waals surface area contributed by atoms with Gasteiger partial charge < -0.3 is 5.32 Å². The van der Waals surface area contributed by atoms with Crippen molar-refractivity contribution in [3.8, 4) is 0 Å². The summed E-state index contributed by atoms with van der Waals surface area (Å²) in [5, 5.41) is 3.36. The van der Waals surface area contributed by atoms with Crippen molar-refractivity contribution >= 4 is 39.3 Å². The lowest BCUT2D eigenvalue weighted by atomic mass is 10.2.